The van der Waals surface area contributed by atoms with Crippen LogP contribution in [0.5, 0.6) is 0 Å². The van der Waals surface area contributed by atoms with E-state index < -0.39 is 0 Å². The molecule has 6 heteroatoms. The van der Waals surface area contributed by atoms with Gasteiger partial charge in [0.25, 0.3) is 4.84 Å². The van der Waals surface area contributed by atoms with E-state index >= 15 is 0 Å². The van der Waals surface area contributed by atoms with Crippen molar-refractivity contribution in [1.82, 2.24) is 14.7 Å². The van der Waals surface area contributed by atoms with Crippen LogP contribution in [-0.2, 0) is 19.5 Å². The van der Waals surface area contributed by atoms with Crippen molar-refractivity contribution in [2.24, 2.45) is 0 Å². The van der Waals surface area contributed by atoms with Crippen LogP contribution in [0.2, 0.25) is 0 Å². The minimum atomic E-state index is 0.385. The molecule has 3 aromatic rings. The van der Waals surface area contributed by atoms with Gasteiger partial charge in [-0.3, -0.25) is 4.90 Å². The molecule has 4 nitrogen and oxygen atoms in total. The van der Waals surface area contributed by atoms with Crippen LogP contribution in [0, 0.1) is 4.84 Å². The molecule has 3 heterocycles. The second-order valence-electron chi connectivity index (χ2n) is 6.10. The third-order valence-electron chi connectivity index (χ3n) is 4.57. The summed E-state index contributed by atoms with van der Waals surface area (Å²) in [6.45, 7) is 3.95. The van der Waals surface area contributed by atoms with Crippen LogP contribution in [0.3, 0.4) is 0 Å². The molecule has 0 unspecified atom stereocenters. The average Bonchev–Trinajstić information content (AvgIpc) is 3.19. The molecule has 1 aliphatic heterocycles. The molecule has 2 aromatic heterocycles. The normalized spacial score (nSPS) is 17.8. The van der Waals surface area contributed by atoms with E-state index in [4.69, 9.17) is 16.6 Å². The molecule has 0 saturated heterocycles. The molecule has 1 aromatic carbocycles. The van der Waals surface area contributed by atoms with E-state index in [1.807, 2.05) is 34.2 Å². The summed E-state index contributed by atoms with van der Waals surface area (Å²) in [6, 6.07) is 12.8. The molecule has 1 atom stereocenters. The molecular weight excluding hydrogens is 338 g/mol. The Balaban J connectivity index is 1.50. The molecule has 0 aliphatic carbocycles. The quantitative estimate of drug-likeness (QED) is 0.647. The lowest BCUT2D eigenvalue weighted by molar-refractivity contribution is 0.142. The topological polar surface area (TPSA) is 34.2 Å². The number of hydrogen-bond donors (Lipinski definition) is 0. The second-order valence-corrected chi connectivity index (χ2v) is 7.45. The van der Waals surface area contributed by atoms with E-state index in [2.05, 4.69) is 40.5 Å². The van der Waals surface area contributed by atoms with Gasteiger partial charge in [0, 0.05) is 17.5 Å². The van der Waals surface area contributed by atoms with Crippen molar-refractivity contribution in [1.29, 1.82) is 0 Å². The number of fused-ring (bicyclic) bond motifs is 1. The first-order chi connectivity index (χ1) is 11.7. The molecule has 0 bridgehead atoms. The number of hydrogen-bond acceptors (Lipinski definition) is 5. The molecule has 0 amide bonds. The fourth-order valence-electron chi connectivity index (χ4n) is 3.21. The molecule has 0 fully saturated rings. The van der Waals surface area contributed by atoms with Crippen molar-refractivity contribution in [2.75, 3.05) is 6.54 Å². The summed E-state index contributed by atoms with van der Waals surface area (Å²) in [5.74, 6) is 0.673. The van der Waals surface area contributed by atoms with Crippen molar-refractivity contribution in [3.63, 3.8) is 0 Å². The first kappa shape index (κ1) is 15.7. The monoisotopic (exact) mass is 357 g/mol. The maximum atomic E-state index is 5.69. The molecule has 0 N–H and O–H groups in total. The Hall–Kier alpha value is -1.76. The highest BCUT2D eigenvalue weighted by Gasteiger charge is 2.25. The third-order valence-corrected chi connectivity index (χ3v) is 5.86. The Kier molecular flexibility index (Phi) is 4.35. The SMILES string of the molecule is C[C@@H]1c2ccsc2CCN1Cn1nc(Cc2ccccc2)oc1=S. The predicted octanol–water partition coefficient (Wildman–Crippen LogP) is 4.43. The lowest BCUT2D eigenvalue weighted by Gasteiger charge is -2.32. The van der Waals surface area contributed by atoms with Gasteiger partial charge in [0.15, 0.2) is 0 Å². The summed E-state index contributed by atoms with van der Waals surface area (Å²) in [4.78, 5) is 4.36. The Bertz CT molecular complexity index is 881. The van der Waals surface area contributed by atoms with Gasteiger partial charge in [-0.05, 0) is 48.1 Å². The van der Waals surface area contributed by atoms with Crippen molar-refractivity contribution < 1.29 is 4.42 Å². The summed E-state index contributed by atoms with van der Waals surface area (Å²) >= 11 is 7.22. The van der Waals surface area contributed by atoms with Gasteiger partial charge in [-0.25, -0.2) is 4.68 Å². The van der Waals surface area contributed by atoms with E-state index in [0.717, 1.165) is 13.0 Å². The maximum Gasteiger partial charge on any atom is 0.288 e. The standard InChI is InChI=1S/C18H19N3OS2/c1-13-15-8-10-24-16(15)7-9-20(13)12-21-18(23)22-17(19-21)11-14-5-3-2-4-6-14/h2-6,8,10,13H,7,9,11-12H2,1H3/t13-/m1/s1. The zero-order valence-electron chi connectivity index (χ0n) is 13.5. The van der Waals surface area contributed by atoms with Crippen LogP contribution in [-0.4, -0.2) is 21.2 Å². The zero-order chi connectivity index (χ0) is 16.5. The van der Waals surface area contributed by atoms with Crippen LogP contribution >= 0.6 is 23.6 Å². The Labute approximate surface area is 150 Å². The first-order valence-corrected chi connectivity index (χ1v) is 9.40. The molecule has 0 radical (unpaired) electrons. The van der Waals surface area contributed by atoms with Crippen molar-refractivity contribution in [3.05, 3.63) is 68.5 Å². The van der Waals surface area contributed by atoms with Crippen LogP contribution in [0.15, 0.2) is 46.2 Å². The molecular formula is C18H19N3OS2. The lowest BCUT2D eigenvalue weighted by Crippen LogP contribution is -2.35. The van der Waals surface area contributed by atoms with Crippen LogP contribution < -0.4 is 0 Å². The highest BCUT2D eigenvalue weighted by atomic mass is 32.1. The second kappa shape index (κ2) is 6.63. The van der Waals surface area contributed by atoms with Gasteiger partial charge < -0.3 is 4.42 Å². The molecule has 0 spiro atoms. The highest BCUT2D eigenvalue weighted by Crippen LogP contribution is 2.32. The first-order valence-electron chi connectivity index (χ1n) is 8.12. The molecule has 0 saturated carbocycles. The van der Waals surface area contributed by atoms with Gasteiger partial charge in [-0.2, -0.15) is 0 Å². The van der Waals surface area contributed by atoms with Crippen molar-refractivity contribution in [2.45, 2.75) is 32.5 Å². The number of aromatic nitrogens is 2. The zero-order valence-corrected chi connectivity index (χ0v) is 15.1. The Morgan fingerprint density at radius 2 is 2.12 bits per heavy atom. The van der Waals surface area contributed by atoms with Crippen LogP contribution in [0.4, 0.5) is 0 Å². The van der Waals surface area contributed by atoms with Gasteiger partial charge in [0.1, 0.15) is 0 Å². The minimum Gasteiger partial charge on any atom is -0.414 e. The van der Waals surface area contributed by atoms with E-state index in [0.29, 0.717) is 29.9 Å². The summed E-state index contributed by atoms with van der Waals surface area (Å²) in [6.07, 6.45) is 1.76. The summed E-state index contributed by atoms with van der Waals surface area (Å²) in [5, 5.41) is 6.77. The van der Waals surface area contributed by atoms with Crippen LogP contribution in [0.25, 0.3) is 0 Å². The van der Waals surface area contributed by atoms with Crippen molar-refractivity contribution in [3.8, 4) is 0 Å². The fourth-order valence-corrected chi connectivity index (χ4v) is 4.36. The van der Waals surface area contributed by atoms with Gasteiger partial charge in [0.05, 0.1) is 13.1 Å². The molecule has 4 rings (SSSR count). The largest absolute Gasteiger partial charge is 0.414 e. The van der Waals surface area contributed by atoms with Gasteiger partial charge in [0.2, 0.25) is 5.89 Å². The van der Waals surface area contributed by atoms with Gasteiger partial charge in [-0.15, -0.1) is 16.4 Å². The summed E-state index contributed by atoms with van der Waals surface area (Å²) < 4.78 is 7.50. The van der Waals surface area contributed by atoms with Gasteiger partial charge >= 0.3 is 0 Å². The van der Waals surface area contributed by atoms with Gasteiger partial charge in [-0.1, -0.05) is 30.3 Å². The number of benzene rings is 1. The molecule has 24 heavy (non-hydrogen) atoms. The fraction of sp³-hybridized carbons (Fsp3) is 0.333. The van der Waals surface area contributed by atoms with E-state index in [9.17, 15) is 0 Å². The number of nitrogens with zero attached hydrogens (tertiary/aromatic N) is 3. The molecule has 124 valence electrons. The smallest absolute Gasteiger partial charge is 0.288 e. The number of rotatable bonds is 4. The Morgan fingerprint density at radius 3 is 2.96 bits per heavy atom. The highest BCUT2D eigenvalue weighted by molar-refractivity contribution is 7.71. The van der Waals surface area contributed by atoms with E-state index in [1.165, 1.54) is 16.0 Å². The van der Waals surface area contributed by atoms with Crippen molar-refractivity contribution >= 4 is 23.6 Å². The lowest BCUT2D eigenvalue weighted by atomic mass is 10.0. The predicted molar refractivity (Wildman–Crippen MR) is 97.7 cm³/mol. The average molecular weight is 358 g/mol. The van der Waals surface area contributed by atoms with Crippen LogP contribution in [0.1, 0.15) is 34.9 Å². The summed E-state index contributed by atoms with van der Waals surface area (Å²) in [7, 11) is 0. The number of thiophene rings is 1. The van der Waals surface area contributed by atoms with E-state index in [-0.39, 0.29) is 0 Å². The maximum absolute atomic E-state index is 5.69. The third kappa shape index (κ3) is 3.09. The minimum absolute atomic E-state index is 0.385. The summed E-state index contributed by atoms with van der Waals surface area (Å²) in [5.41, 5.74) is 2.61. The Morgan fingerprint density at radius 1 is 1.29 bits per heavy atom. The van der Waals surface area contributed by atoms with E-state index in [1.54, 1.807) is 0 Å². The molecule has 1 aliphatic rings.